The monoisotopic (exact) mass is 377 g/mol. The van der Waals surface area contributed by atoms with Gasteiger partial charge in [-0.05, 0) is 36.6 Å². The summed E-state index contributed by atoms with van der Waals surface area (Å²) in [5, 5.41) is 0.901. The van der Waals surface area contributed by atoms with Crippen molar-refractivity contribution < 1.29 is 9.53 Å². The number of nitrogens with one attached hydrogen (secondary N) is 1. The lowest BCUT2D eigenvalue weighted by molar-refractivity contribution is 0.0819. The van der Waals surface area contributed by atoms with E-state index in [2.05, 4.69) is 16.0 Å². The maximum absolute atomic E-state index is 13.0. The van der Waals surface area contributed by atoms with Crippen molar-refractivity contribution in [3.8, 4) is 5.75 Å². The van der Waals surface area contributed by atoms with Crippen LogP contribution in [0.3, 0.4) is 0 Å². The zero-order valence-corrected chi connectivity index (χ0v) is 15.9. The van der Waals surface area contributed by atoms with Gasteiger partial charge < -0.3 is 14.3 Å². The number of pyridine rings is 1. The van der Waals surface area contributed by atoms with E-state index in [0.29, 0.717) is 23.9 Å². The molecule has 5 rings (SSSR count). The minimum Gasteiger partial charge on any atom is -0.497 e. The van der Waals surface area contributed by atoms with Gasteiger partial charge in [-0.25, -0.2) is 0 Å². The van der Waals surface area contributed by atoms with Gasteiger partial charge in [0.1, 0.15) is 5.75 Å². The number of aromatic nitrogens is 2. The highest BCUT2D eigenvalue weighted by atomic mass is 16.5. The fourth-order valence-corrected chi connectivity index (χ4v) is 4.87. The van der Waals surface area contributed by atoms with E-state index in [1.807, 2.05) is 28.8 Å². The number of hydrogen-bond acceptors (Lipinski definition) is 4. The second-order valence-corrected chi connectivity index (χ2v) is 7.93. The number of fused-ring (bicyclic) bond motifs is 5. The van der Waals surface area contributed by atoms with Gasteiger partial charge in [-0.1, -0.05) is 6.07 Å². The molecule has 0 amide bonds. The Kier molecular flexibility index (Phi) is 4.09. The van der Waals surface area contributed by atoms with Crippen molar-refractivity contribution in [3.05, 3.63) is 64.2 Å². The quantitative estimate of drug-likeness (QED) is 0.710. The van der Waals surface area contributed by atoms with Gasteiger partial charge in [-0.15, -0.1) is 0 Å². The molecule has 4 heterocycles. The van der Waals surface area contributed by atoms with Gasteiger partial charge >= 0.3 is 0 Å². The normalized spacial score (nSPS) is 21.5. The molecule has 6 nitrogen and oxygen atoms in total. The standard InChI is InChI=1S/C22H23N3O3/c1-28-16-5-6-19-17(8-16)18(9-23-19)21(26)13-24-10-14-7-15(12-24)20-3-2-4-22(27)25(20)11-14/h2-6,8-9,14-15,23H,7,10-13H2,1H3/t14-,15-/m1/s1. The highest BCUT2D eigenvalue weighted by Crippen LogP contribution is 2.35. The number of carbonyl (C=O) groups excluding carboxylic acids is 1. The van der Waals surface area contributed by atoms with Gasteiger partial charge in [0, 0.05) is 60.0 Å². The minimum absolute atomic E-state index is 0.0875. The summed E-state index contributed by atoms with van der Waals surface area (Å²) in [5.74, 6) is 1.60. The van der Waals surface area contributed by atoms with E-state index in [0.717, 1.165) is 48.4 Å². The average molecular weight is 377 g/mol. The van der Waals surface area contributed by atoms with Crippen molar-refractivity contribution in [3.63, 3.8) is 0 Å². The Hall–Kier alpha value is -2.86. The van der Waals surface area contributed by atoms with Gasteiger partial charge in [0.15, 0.2) is 5.78 Å². The number of benzene rings is 1. The van der Waals surface area contributed by atoms with Crippen LogP contribution in [0.15, 0.2) is 47.4 Å². The van der Waals surface area contributed by atoms with Crippen LogP contribution in [0, 0.1) is 5.92 Å². The van der Waals surface area contributed by atoms with Crippen LogP contribution in [-0.2, 0) is 6.54 Å². The number of piperidine rings is 1. The fraction of sp³-hybridized carbons (Fsp3) is 0.364. The Balaban J connectivity index is 1.38. The second-order valence-electron chi connectivity index (χ2n) is 7.93. The molecule has 1 N–H and O–H groups in total. The molecule has 28 heavy (non-hydrogen) atoms. The highest BCUT2D eigenvalue weighted by Gasteiger charge is 2.35. The molecule has 2 aliphatic heterocycles. The minimum atomic E-state index is 0.0875. The predicted molar refractivity (Wildman–Crippen MR) is 107 cm³/mol. The van der Waals surface area contributed by atoms with Crippen LogP contribution in [0.2, 0.25) is 0 Å². The average Bonchev–Trinajstić information content (AvgIpc) is 3.12. The van der Waals surface area contributed by atoms with E-state index in [9.17, 15) is 9.59 Å². The van der Waals surface area contributed by atoms with Crippen LogP contribution < -0.4 is 10.3 Å². The van der Waals surface area contributed by atoms with Crippen LogP contribution in [0.5, 0.6) is 5.75 Å². The lowest BCUT2D eigenvalue weighted by Crippen LogP contribution is -2.48. The molecule has 6 heteroatoms. The molecule has 1 aromatic carbocycles. The molecule has 0 aliphatic carbocycles. The van der Waals surface area contributed by atoms with Gasteiger partial charge in [-0.2, -0.15) is 0 Å². The van der Waals surface area contributed by atoms with Crippen molar-refractivity contribution >= 4 is 16.7 Å². The zero-order valence-electron chi connectivity index (χ0n) is 15.9. The Morgan fingerprint density at radius 1 is 1.21 bits per heavy atom. The van der Waals surface area contributed by atoms with E-state index in [1.54, 1.807) is 19.4 Å². The summed E-state index contributed by atoms with van der Waals surface area (Å²) >= 11 is 0. The smallest absolute Gasteiger partial charge is 0.250 e. The number of likely N-dealkylation sites (tertiary alicyclic amines) is 1. The van der Waals surface area contributed by atoms with E-state index >= 15 is 0 Å². The molecule has 1 saturated heterocycles. The van der Waals surface area contributed by atoms with Gasteiger partial charge in [-0.3, -0.25) is 14.5 Å². The first-order chi connectivity index (χ1) is 13.6. The third-order valence-electron chi connectivity index (χ3n) is 6.11. The topological polar surface area (TPSA) is 67.3 Å². The number of carbonyl (C=O) groups is 1. The second kappa shape index (κ2) is 6.63. The third kappa shape index (κ3) is 2.85. The van der Waals surface area contributed by atoms with Crippen LogP contribution in [0.1, 0.15) is 28.4 Å². The molecule has 2 aromatic heterocycles. The summed E-state index contributed by atoms with van der Waals surface area (Å²) in [7, 11) is 1.63. The number of ether oxygens (including phenoxy) is 1. The van der Waals surface area contributed by atoms with E-state index in [1.165, 1.54) is 0 Å². The number of hydrogen-bond donors (Lipinski definition) is 1. The third-order valence-corrected chi connectivity index (χ3v) is 6.11. The predicted octanol–water partition coefficient (Wildman–Crippen LogP) is 2.64. The van der Waals surface area contributed by atoms with E-state index in [4.69, 9.17) is 4.74 Å². The maximum atomic E-state index is 13.0. The van der Waals surface area contributed by atoms with E-state index < -0.39 is 0 Å². The number of ketones is 1. The molecule has 1 fully saturated rings. The molecular formula is C22H23N3O3. The lowest BCUT2D eigenvalue weighted by atomic mass is 9.83. The SMILES string of the molecule is COc1ccc2[nH]cc(C(=O)CN3C[C@H]4C[C@H](C3)c3cccc(=O)n3C4)c2c1. The fourth-order valence-electron chi connectivity index (χ4n) is 4.87. The number of methoxy groups -OCH3 is 1. The van der Waals surface area contributed by atoms with Crippen molar-refractivity contribution in [2.75, 3.05) is 26.7 Å². The van der Waals surface area contributed by atoms with Crippen LogP contribution in [0.4, 0.5) is 0 Å². The summed E-state index contributed by atoms with van der Waals surface area (Å²) in [4.78, 5) is 30.7. The number of H-pyrrole nitrogens is 1. The van der Waals surface area contributed by atoms with Crippen molar-refractivity contribution in [1.29, 1.82) is 0 Å². The van der Waals surface area contributed by atoms with Crippen LogP contribution >= 0.6 is 0 Å². The molecule has 2 bridgehead atoms. The van der Waals surface area contributed by atoms with E-state index in [-0.39, 0.29) is 11.3 Å². The summed E-state index contributed by atoms with van der Waals surface area (Å²) < 4.78 is 7.23. The first-order valence-corrected chi connectivity index (χ1v) is 9.73. The summed E-state index contributed by atoms with van der Waals surface area (Å²) in [6.45, 7) is 2.82. The van der Waals surface area contributed by atoms with Crippen LogP contribution in [0.25, 0.3) is 10.9 Å². The first-order valence-electron chi connectivity index (χ1n) is 9.73. The van der Waals surface area contributed by atoms with Gasteiger partial charge in [0.05, 0.1) is 13.7 Å². The van der Waals surface area contributed by atoms with Crippen molar-refractivity contribution in [2.45, 2.75) is 18.9 Å². The molecule has 144 valence electrons. The number of rotatable bonds is 4. The largest absolute Gasteiger partial charge is 0.497 e. The molecule has 2 atom stereocenters. The van der Waals surface area contributed by atoms with Gasteiger partial charge in [0.2, 0.25) is 0 Å². The summed E-state index contributed by atoms with van der Waals surface area (Å²) in [5.41, 5.74) is 2.84. The molecule has 2 aliphatic rings. The van der Waals surface area contributed by atoms with Crippen molar-refractivity contribution in [1.82, 2.24) is 14.5 Å². The van der Waals surface area contributed by atoms with Crippen LogP contribution in [-0.4, -0.2) is 47.0 Å². The summed E-state index contributed by atoms with van der Waals surface area (Å²) in [6.07, 6.45) is 2.89. The maximum Gasteiger partial charge on any atom is 0.250 e. The zero-order chi connectivity index (χ0) is 19.3. The molecule has 0 radical (unpaired) electrons. The van der Waals surface area contributed by atoms with Gasteiger partial charge in [0.25, 0.3) is 5.56 Å². The Bertz CT molecular complexity index is 1110. The number of nitrogens with zero attached hydrogens (tertiary/aromatic N) is 2. The molecule has 0 unspecified atom stereocenters. The number of Topliss-reactive ketones (excluding diaryl/α,β-unsaturated/α-hetero) is 1. The Morgan fingerprint density at radius 3 is 2.96 bits per heavy atom. The first kappa shape index (κ1) is 17.3. The molecule has 0 saturated carbocycles. The van der Waals surface area contributed by atoms with Crippen molar-refractivity contribution in [2.24, 2.45) is 5.92 Å². The molecule has 3 aromatic rings. The molecule has 0 spiro atoms. The Labute approximate surface area is 162 Å². The lowest BCUT2D eigenvalue weighted by Gasteiger charge is -2.42. The molecular weight excluding hydrogens is 354 g/mol. The number of aromatic amines is 1. The Morgan fingerprint density at radius 2 is 2.11 bits per heavy atom. The highest BCUT2D eigenvalue weighted by molar-refractivity contribution is 6.09. The summed E-state index contributed by atoms with van der Waals surface area (Å²) in [6, 6.07) is 11.3.